The predicted molar refractivity (Wildman–Crippen MR) is 68.5 cm³/mol. The van der Waals surface area contributed by atoms with Crippen molar-refractivity contribution in [3.05, 3.63) is 48.3 Å². The number of benzene rings is 1. The quantitative estimate of drug-likeness (QED) is 0.788. The van der Waals surface area contributed by atoms with Crippen LogP contribution in [-0.4, -0.2) is 24.9 Å². The van der Waals surface area contributed by atoms with E-state index in [1.54, 1.807) is 12.4 Å². The molecule has 7 heteroatoms. The van der Waals surface area contributed by atoms with Crippen LogP contribution in [0.15, 0.2) is 41.6 Å². The second-order valence-electron chi connectivity index (χ2n) is 3.99. The Hall–Kier alpha value is -1.73. The van der Waals surface area contributed by atoms with Gasteiger partial charge >= 0.3 is 0 Å². The molecule has 0 atom stereocenters. The molecule has 0 spiro atoms. The van der Waals surface area contributed by atoms with Crippen molar-refractivity contribution in [3.63, 3.8) is 0 Å². The zero-order valence-electron chi connectivity index (χ0n) is 10.1. The van der Waals surface area contributed by atoms with Crippen molar-refractivity contribution >= 4 is 10.0 Å². The number of nitrogens with one attached hydrogen (secondary N) is 2. The van der Waals surface area contributed by atoms with Crippen molar-refractivity contribution in [2.24, 2.45) is 0 Å². The summed E-state index contributed by atoms with van der Waals surface area (Å²) in [5.41, 5.74) is 0. The maximum Gasteiger partial charge on any atom is 0.240 e. The van der Waals surface area contributed by atoms with Gasteiger partial charge in [-0.15, -0.1) is 0 Å². The Morgan fingerprint density at radius 3 is 2.89 bits per heavy atom. The normalized spacial score (nSPS) is 11.6. The molecule has 0 aliphatic rings. The molecule has 2 rings (SSSR count). The first-order valence-electron chi connectivity index (χ1n) is 5.81. The van der Waals surface area contributed by atoms with Gasteiger partial charge in [-0.3, -0.25) is 0 Å². The standard InChI is InChI=1S/C12H14FN3O2S/c13-10-3-1-4-11(9-10)19(17,18)16-6-2-5-12-14-7-8-15-12/h1,3-4,7-9,16H,2,5-6H2,(H,14,15). The van der Waals surface area contributed by atoms with E-state index in [1.807, 2.05) is 0 Å². The lowest BCUT2D eigenvalue weighted by molar-refractivity contribution is 0.574. The molecule has 5 nitrogen and oxygen atoms in total. The number of aryl methyl sites for hydroxylation is 1. The van der Waals surface area contributed by atoms with Gasteiger partial charge in [0, 0.05) is 25.4 Å². The number of halogens is 1. The fourth-order valence-electron chi connectivity index (χ4n) is 1.61. The zero-order chi connectivity index (χ0) is 13.7. The minimum absolute atomic E-state index is 0.0644. The molecule has 2 N–H and O–H groups in total. The highest BCUT2D eigenvalue weighted by Gasteiger charge is 2.13. The Morgan fingerprint density at radius 1 is 1.37 bits per heavy atom. The summed E-state index contributed by atoms with van der Waals surface area (Å²) in [6.07, 6.45) is 4.62. The molecule has 0 unspecified atom stereocenters. The van der Waals surface area contributed by atoms with Crippen molar-refractivity contribution in [3.8, 4) is 0 Å². The molecule has 1 aromatic heterocycles. The molecule has 0 saturated carbocycles. The third-order valence-electron chi connectivity index (χ3n) is 2.54. The van der Waals surface area contributed by atoms with Crippen LogP contribution < -0.4 is 4.72 Å². The van der Waals surface area contributed by atoms with Crippen LogP contribution >= 0.6 is 0 Å². The van der Waals surface area contributed by atoms with Gasteiger partial charge in [0.15, 0.2) is 0 Å². The highest BCUT2D eigenvalue weighted by Crippen LogP contribution is 2.10. The first-order chi connectivity index (χ1) is 9.08. The van der Waals surface area contributed by atoms with E-state index >= 15 is 0 Å². The number of hydrogen-bond acceptors (Lipinski definition) is 3. The summed E-state index contributed by atoms with van der Waals surface area (Å²) >= 11 is 0. The van der Waals surface area contributed by atoms with E-state index in [1.165, 1.54) is 18.2 Å². The molecule has 102 valence electrons. The van der Waals surface area contributed by atoms with Crippen LogP contribution in [0.25, 0.3) is 0 Å². The van der Waals surface area contributed by atoms with Crippen LogP contribution in [-0.2, 0) is 16.4 Å². The molecule has 1 aromatic carbocycles. The summed E-state index contributed by atoms with van der Waals surface area (Å²) in [6.45, 7) is 0.277. The molecule has 0 amide bonds. The number of imidazole rings is 1. The maximum atomic E-state index is 13.0. The first-order valence-corrected chi connectivity index (χ1v) is 7.30. The third-order valence-corrected chi connectivity index (χ3v) is 4.00. The van der Waals surface area contributed by atoms with E-state index in [0.29, 0.717) is 12.8 Å². The van der Waals surface area contributed by atoms with E-state index in [4.69, 9.17) is 0 Å². The van der Waals surface area contributed by atoms with Gasteiger partial charge in [-0.2, -0.15) is 0 Å². The fraction of sp³-hybridized carbons (Fsp3) is 0.250. The number of hydrogen-bond donors (Lipinski definition) is 2. The first kappa shape index (κ1) is 13.7. The Morgan fingerprint density at radius 2 is 2.21 bits per heavy atom. The molecule has 0 aliphatic carbocycles. The molecular formula is C12H14FN3O2S. The van der Waals surface area contributed by atoms with E-state index in [9.17, 15) is 12.8 Å². The number of H-pyrrole nitrogens is 1. The Kier molecular flexibility index (Phi) is 4.28. The summed E-state index contributed by atoms with van der Waals surface area (Å²) in [7, 11) is -3.64. The van der Waals surface area contributed by atoms with Crippen LogP contribution in [0.2, 0.25) is 0 Å². The summed E-state index contributed by atoms with van der Waals surface area (Å²) < 4.78 is 39.1. The second-order valence-corrected chi connectivity index (χ2v) is 5.76. The van der Waals surface area contributed by atoms with Crippen molar-refractivity contribution in [2.75, 3.05) is 6.54 Å². The minimum atomic E-state index is -3.64. The van der Waals surface area contributed by atoms with E-state index in [-0.39, 0.29) is 11.4 Å². The van der Waals surface area contributed by atoms with Crippen LogP contribution in [0, 0.1) is 5.82 Å². The highest BCUT2D eigenvalue weighted by molar-refractivity contribution is 7.89. The van der Waals surface area contributed by atoms with Crippen LogP contribution in [0.5, 0.6) is 0 Å². The van der Waals surface area contributed by atoms with Crippen molar-refractivity contribution in [1.82, 2.24) is 14.7 Å². The van der Waals surface area contributed by atoms with Crippen LogP contribution in [0.1, 0.15) is 12.2 Å². The van der Waals surface area contributed by atoms with Gasteiger partial charge in [-0.1, -0.05) is 6.07 Å². The number of sulfonamides is 1. The highest BCUT2D eigenvalue weighted by atomic mass is 32.2. The lowest BCUT2D eigenvalue weighted by Crippen LogP contribution is -2.25. The summed E-state index contributed by atoms with van der Waals surface area (Å²) in [5.74, 6) is 0.239. The van der Waals surface area contributed by atoms with Gasteiger partial charge in [0.05, 0.1) is 4.90 Å². The SMILES string of the molecule is O=S(=O)(NCCCc1ncc[nH]1)c1cccc(F)c1. The molecular weight excluding hydrogens is 269 g/mol. The topological polar surface area (TPSA) is 74.8 Å². The summed E-state index contributed by atoms with van der Waals surface area (Å²) in [4.78, 5) is 6.91. The van der Waals surface area contributed by atoms with Crippen LogP contribution in [0.3, 0.4) is 0 Å². The lowest BCUT2D eigenvalue weighted by Gasteiger charge is -2.06. The van der Waals surface area contributed by atoms with Crippen molar-refractivity contribution in [2.45, 2.75) is 17.7 Å². The van der Waals surface area contributed by atoms with Crippen LogP contribution in [0.4, 0.5) is 4.39 Å². The molecule has 1 heterocycles. The average molecular weight is 283 g/mol. The Labute approximate surface area is 110 Å². The van der Waals surface area contributed by atoms with Crippen molar-refractivity contribution in [1.29, 1.82) is 0 Å². The predicted octanol–water partition coefficient (Wildman–Crippen LogP) is 1.46. The number of nitrogens with zero attached hydrogens (tertiary/aromatic N) is 1. The maximum absolute atomic E-state index is 13.0. The molecule has 2 aromatic rings. The minimum Gasteiger partial charge on any atom is -0.349 e. The Balaban J connectivity index is 1.88. The van der Waals surface area contributed by atoms with Crippen molar-refractivity contribution < 1.29 is 12.8 Å². The average Bonchev–Trinajstić information content (AvgIpc) is 2.88. The van der Waals surface area contributed by atoms with Gasteiger partial charge in [0.25, 0.3) is 0 Å². The molecule has 0 bridgehead atoms. The third kappa shape index (κ3) is 3.87. The van der Waals surface area contributed by atoms with Gasteiger partial charge in [0.1, 0.15) is 11.6 Å². The zero-order valence-corrected chi connectivity index (χ0v) is 11.0. The molecule has 0 aliphatic heterocycles. The number of aromatic amines is 1. The van der Waals surface area contributed by atoms with E-state index in [0.717, 1.165) is 11.9 Å². The summed E-state index contributed by atoms with van der Waals surface area (Å²) in [6, 6.07) is 4.93. The van der Waals surface area contributed by atoms with Gasteiger partial charge < -0.3 is 4.98 Å². The molecule has 0 radical (unpaired) electrons. The van der Waals surface area contributed by atoms with Gasteiger partial charge in [0.2, 0.25) is 10.0 Å². The molecule has 0 fully saturated rings. The molecule has 0 saturated heterocycles. The second kappa shape index (κ2) is 5.94. The van der Waals surface area contributed by atoms with Gasteiger partial charge in [-0.25, -0.2) is 22.5 Å². The fourth-order valence-corrected chi connectivity index (χ4v) is 2.72. The number of aromatic nitrogens is 2. The Bertz CT molecular complexity index is 626. The molecule has 19 heavy (non-hydrogen) atoms. The smallest absolute Gasteiger partial charge is 0.240 e. The summed E-state index contributed by atoms with van der Waals surface area (Å²) in [5, 5.41) is 0. The number of rotatable bonds is 6. The monoisotopic (exact) mass is 283 g/mol. The van der Waals surface area contributed by atoms with Gasteiger partial charge in [-0.05, 0) is 24.6 Å². The van der Waals surface area contributed by atoms with E-state index in [2.05, 4.69) is 14.7 Å². The largest absolute Gasteiger partial charge is 0.349 e. The van der Waals surface area contributed by atoms with E-state index < -0.39 is 15.8 Å². The lowest BCUT2D eigenvalue weighted by atomic mass is 10.3.